The minimum atomic E-state index is 0.0401. The smallest absolute Gasteiger partial charge is 0.220 e. The van der Waals surface area contributed by atoms with Crippen LogP contribution in [0.4, 0.5) is 0 Å². The number of thiazole rings is 1. The summed E-state index contributed by atoms with van der Waals surface area (Å²) in [5.74, 6) is 0.178. The zero-order valence-electron chi connectivity index (χ0n) is 17.1. The van der Waals surface area contributed by atoms with Crippen LogP contribution < -0.4 is 5.32 Å². The van der Waals surface area contributed by atoms with Gasteiger partial charge in [0.25, 0.3) is 0 Å². The third-order valence-electron chi connectivity index (χ3n) is 4.98. The van der Waals surface area contributed by atoms with Gasteiger partial charge >= 0.3 is 0 Å². The van der Waals surface area contributed by atoms with Crippen LogP contribution in [0.5, 0.6) is 0 Å². The molecule has 3 rings (SSSR count). The van der Waals surface area contributed by atoms with Gasteiger partial charge in [0.1, 0.15) is 5.69 Å². The predicted octanol–water partition coefficient (Wildman–Crippen LogP) is 3.37. The van der Waals surface area contributed by atoms with Gasteiger partial charge in [0.2, 0.25) is 5.91 Å². The molecule has 2 aromatic heterocycles. The second kappa shape index (κ2) is 8.10. The molecule has 0 aromatic carbocycles. The van der Waals surface area contributed by atoms with Gasteiger partial charge < -0.3 is 5.32 Å². The summed E-state index contributed by atoms with van der Waals surface area (Å²) >= 11 is 1.64. The van der Waals surface area contributed by atoms with Crippen molar-refractivity contribution in [2.75, 3.05) is 13.1 Å². The number of nitrogens with zero attached hydrogens (tertiary/aromatic N) is 4. The van der Waals surface area contributed by atoms with E-state index in [2.05, 4.69) is 47.1 Å². The Hall–Kier alpha value is -1.73. The number of rotatable bonds is 5. The van der Waals surface area contributed by atoms with Gasteiger partial charge in [0.15, 0.2) is 0 Å². The predicted molar refractivity (Wildman–Crippen MR) is 110 cm³/mol. The van der Waals surface area contributed by atoms with Crippen LogP contribution in [0.25, 0.3) is 10.6 Å². The summed E-state index contributed by atoms with van der Waals surface area (Å²) in [5.41, 5.74) is 5.18. The second-order valence-electron chi connectivity index (χ2n) is 8.77. The Bertz CT molecular complexity index is 781. The van der Waals surface area contributed by atoms with E-state index in [1.807, 2.05) is 24.2 Å². The van der Waals surface area contributed by atoms with Crippen molar-refractivity contribution in [1.82, 2.24) is 25.0 Å². The molecule has 0 aliphatic carbocycles. The van der Waals surface area contributed by atoms with E-state index in [4.69, 9.17) is 0 Å². The summed E-state index contributed by atoms with van der Waals surface area (Å²) in [6.45, 7) is 11.2. The molecule has 2 aromatic rings. The van der Waals surface area contributed by atoms with Crippen molar-refractivity contribution >= 4 is 17.2 Å². The number of aromatic nitrogens is 3. The molecule has 1 N–H and O–H groups in total. The van der Waals surface area contributed by atoms with Crippen molar-refractivity contribution in [3.05, 3.63) is 23.0 Å². The van der Waals surface area contributed by atoms with Crippen molar-refractivity contribution in [1.29, 1.82) is 0 Å². The standard InChI is InChI=1S/C20H31N5OS/c1-14-19(27-13-21-14)17-10-16(24(5)23-17)12-25-8-6-15(7-9-25)22-18(26)11-20(2,3)4/h10,13,15H,6-9,11-12H2,1-5H3,(H,22,26). The maximum absolute atomic E-state index is 12.1. The monoisotopic (exact) mass is 389 g/mol. The number of piperidine rings is 1. The van der Waals surface area contributed by atoms with Crippen LogP contribution in [0.2, 0.25) is 0 Å². The number of nitrogens with one attached hydrogen (secondary N) is 1. The van der Waals surface area contributed by atoms with Crippen LogP contribution in [0.15, 0.2) is 11.6 Å². The molecule has 1 saturated heterocycles. The highest BCUT2D eigenvalue weighted by atomic mass is 32.1. The summed E-state index contributed by atoms with van der Waals surface area (Å²) in [4.78, 5) is 20.1. The number of aryl methyl sites for hydroxylation is 2. The fraction of sp³-hybridized carbons (Fsp3) is 0.650. The second-order valence-corrected chi connectivity index (χ2v) is 9.62. The van der Waals surface area contributed by atoms with E-state index in [1.165, 1.54) is 5.69 Å². The van der Waals surface area contributed by atoms with Gasteiger partial charge in [-0.1, -0.05) is 20.8 Å². The topological polar surface area (TPSA) is 63.1 Å². The fourth-order valence-corrected chi connectivity index (χ4v) is 4.30. The highest BCUT2D eigenvalue weighted by Crippen LogP contribution is 2.27. The summed E-state index contributed by atoms with van der Waals surface area (Å²) in [6, 6.07) is 2.48. The first-order valence-corrected chi connectivity index (χ1v) is 10.5. The van der Waals surface area contributed by atoms with Crippen LogP contribution >= 0.6 is 11.3 Å². The first-order valence-electron chi connectivity index (χ1n) is 9.66. The van der Waals surface area contributed by atoms with Gasteiger partial charge in [-0.3, -0.25) is 14.4 Å². The molecule has 27 heavy (non-hydrogen) atoms. The van der Waals surface area contributed by atoms with Crippen LogP contribution in [0.1, 0.15) is 51.4 Å². The van der Waals surface area contributed by atoms with Gasteiger partial charge in [-0.15, -0.1) is 11.3 Å². The van der Waals surface area contributed by atoms with E-state index in [0.717, 1.165) is 48.7 Å². The van der Waals surface area contributed by atoms with Gasteiger partial charge in [-0.25, -0.2) is 4.98 Å². The molecule has 0 radical (unpaired) electrons. The highest BCUT2D eigenvalue weighted by Gasteiger charge is 2.24. The van der Waals surface area contributed by atoms with E-state index >= 15 is 0 Å². The maximum Gasteiger partial charge on any atom is 0.220 e. The van der Waals surface area contributed by atoms with E-state index in [0.29, 0.717) is 12.5 Å². The molecular weight excluding hydrogens is 358 g/mol. The number of carbonyl (C=O) groups is 1. The third-order valence-corrected chi connectivity index (χ3v) is 5.94. The molecule has 0 bridgehead atoms. The van der Waals surface area contributed by atoms with Crippen molar-refractivity contribution in [2.24, 2.45) is 12.5 Å². The van der Waals surface area contributed by atoms with Gasteiger partial charge in [0, 0.05) is 39.1 Å². The molecule has 6 nitrogen and oxygen atoms in total. The Kier molecular flexibility index (Phi) is 6.01. The van der Waals surface area contributed by atoms with E-state index < -0.39 is 0 Å². The minimum Gasteiger partial charge on any atom is -0.353 e. The molecule has 7 heteroatoms. The molecule has 0 atom stereocenters. The zero-order valence-corrected chi connectivity index (χ0v) is 17.9. The quantitative estimate of drug-likeness (QED) is 0.852. The highest BCUT2D eigenvalue weighted by molar-refractivity contribution is 7.13. The number of hydrogen-bond donors (Lipinski definition) is 1. The van der Waals surface area contributed by atoms with E-state index in [9.17, 15) is 4.79 Å². The average Bonchev–Trinajstić information content (AvgIpc) is 3.13. The molecular formula is C20H31N5OS. The SMILES string of the molecule is Cc1ncsc1-c1cc(CN2CCC(NC(=O)CC(C)(C)C)CC2)n(C)n1. The molecule has 1 aliphatic heterocycles. The lowest BCUT2D eigenvalue weighted by Crippen LogP contribution is -2.45. The Morgan fingerprint density at radius 2 is 2.04 bits per heavy atom. The lowest BCUT2D eigenvalue weighted by atomic mass is 9.91. The average molecular weight is 390 g/mol. The molecule has 148 valence electrons. The molecule has 0 unspecified atom stereocenters. The van der Waals surface area contributed by atoms with Gasteiger partial charge in [-0.05, 0) is 31.2 Å². The summed E-state index contributed by atoms with van der Waals surface area (Å²) < 4.78 is 1.98. The maximum atomic E-state index is 12.1. The van der Waals surface area contributed by atoms with Crippen LogP contribution in [0.3, 0.4) is 0 Å². The molecule has 0 saturated carbocycles. The Morgan fingerprint density at radius 3 is 2.63 bits per heavy atom. The Balaban J connectivity index is 1.52. The van der Waals surface area contributed by atoms with Crippen molar-refractivity contribution in [3.8, 4) is 10.6 Å². The molecule has 0 spiro atoms. The summed E-state index contributed by atoms with van der Waals surface area (Å²) in [5, 5.41) is 7.88. The third kappa shape index (κ3) is 5.39. The van der Waals surface area contributed by atoms with Crippen molar-refractivity contribution < 1.29 is 4.79 Å². The lowest BCUT2D eigenvalue weighted by Gasteiger charge is -2.32. The zero-order chi connectivity index (χ0) is 19.6. The Morgan fingerprint density at radius 1 is 1.33 bits per heavy atom. The van der Waals surface area contributed by atoms with Crippen molar-refractivity contribution in [2.45, 2.75) is 59.5 Å². The van der Waals surface area contributed by atoms with Crippen molar-refractivity contribution in [3.63, 3.8) is 0 Å². The number of hydrogen-bond acceptors (Lipinski definition) is 5. The number of amides is 1. The van der Waals surface area contributed by atoms with Crippen LogP contribution in [0, 0.1) is 12.3 Å². The molecule has 1 aliphatic rings. The van der Waals surface area contributed by atoms with Gasteiger partial charge in [0.05, 0.1) is 21.8 Å². The molecule has 3 heterocycles. The van der Waals surface area contributed by atoms with E-state index in [1.54, 1.807) is 11.3 Å². The number of carbonyl (C=O) groups excluding carboxylic acids is 1. The minimum absolute atomic E-state index is 0.0401. The summed E-state index contributed by atoms with van der Waals surface area (Å²) in [7, 11) is 2.01. The fourth-order valence-electron chi connectivity index (χ4n) is 3.54. The normalized spacial score (nSPS) is 16.6. The van der Waals surface area contributed by atoms with E-state index in [-0.39, 0.29) is 11.3 Å². The number of likely N-dealkylation sites (tertiary alicyclic amines) is 1. The van der Waals surface area contributed by atoms with Crippen LogP contribution in [-0.4, -0.2) is 44.7 Å². The largest absolute Gasteiger partial charge is 0.353 e. The first-order chi connectivity index (χ1) is 12.7. The lowest BCUT2D eigenvalue weighted by molar-refractivity contribution is -0.123. The van der Waals surface area contributed by atoms with Crippen LogP contribution in [-0.2, 0) is 18.4 Å². The molecule has 1 fully saturated rings. The summed E-state index contributed by atoms with van der Waals surface area (Å²) in [6.07, 6.45) is 2.60. The first kappa shape index (κ1) is 20.0. The van der Waals surface area contributed by atoms with Gasteiger partial charge in [-0.2, -0.15) is 5.10 Å². The molecule has 1 amide bonds. The Labute approximate surface area is 166 Å².